The van der Waals surface area contributed by atoms with Crippen molar-refractivity contribution in [3.8, 4) is 28.1 Å². The topological polar surface area (TPSA) is 78.2 Å². The number of anilines is 1. The Morgan fingerprint density at radius 2 is 1.68 bits per heavy atom. The van der Waals surface area contributed by atoms with Crippen LogP contribution in [0.2, 0.25) is 0 Å². The number of ether oxygens (including phenoxy) is 3. The number of carbonyl (C=O) groups is 1. The maximum absolute atomic E-state index is 12.8. The number of methoxy groups -OCH3 is 1. The summed E-state index contributed by atoms with van der Waals surface area (Å²) in [6, 6.07) is 15.8. The molecule has 8 heteroatoms. The first kappa shape index (κ1) is 26.2. The number of aromatic nitrogens is 3. The zero-order valence-electron chi connectivity index (χ0n) is 22.1. The summed E-state index contributed by atoms with van der Waals surface area (Å²) in [6.07, 6.45) is 6.14. The van der Waals surface area contributed by atoms with Gasteiger partial charge in [0.15, 0.2) is 0 Å². The molecule has 0 aliphatic heterocycles. The van der Waals surface area contributed by atoms with Gasteiger partial charge in [0, 0.05) is 30.1 Å². The van der Waals surface area contributed by atoms with Gasteiger partial charge in [-0.2, -0.15) is 0 Å². The Hall–Kier alpha value is -3.91. The molecule has 8 nitrogen and oxygen atoms in total. The van der Waals surface area contributed by atoms with E-state index in [9.17, 15) is 4.79 Å². The molecule has 1 amide bonds. The number of pyridine rings is 2. The minimum atomic E-state index is -0.603. The third kappa shape index (κ3) is 6.65. The molecule has 4 aromatic rings. The summed E-state index contributed by atoms with van der Waals surface area (Å²) >= 11 is 0. The second-order valence-corrected chi connectivity index (χ2v) is 9.69. The lowest BCUT2D eigenvalue weighted by Crippen LogP contribution is -2.39. The van der Waals surface area contributed by atoms with Crippen molar-refractivity contribution in [2.45, 2.75) is 39.7 Å². The number of carbonyl (C=O) groups excluding carboxylic acids is 1. The van der Waals surface area contributed by atoms with Gasteiger partial charge < -0.3 is 18.6 Å². The molecule has 0 aliphatic rings. The van der Waals surface area contributed by atoms with Crippen LogP contribution in [0.3, 0.4) is 0 Å². The number of fused-ring (bicyclic) bond motifs is 1. The first-order chi connectivity index (χ1) is 17.8. The van der Waals surface area contributed by atoms with E-state index in [1.54, 1.807) is 13.3 Å². The van der Waals surface area contributed by atoms with Crippen LogP contribution in [-0.2, 0) is 9.47 Å². The number of benzene rings is 1. The first-order valence-corrected chi connectivity index (χ1v) is 12.5. The number of hydrogen-bond acceptors (Lipinski definition) is 6. The van der Waals surface area contributed by atoms with Crippen LogP contribution in [0, 0.1) is 0 Å². The van der Waals surface area contributed by atoms with Gasteiger partial charge >= 0.3 is 6.09 Å². The number of imidazole rings is 1. The molecule has 0 saturated carbocycles. The van der Waals surface area contributed by atoms with E-state index in [2.05, 4.69) is 4.98 Å². The summed E-state index contributed by atoms with van der Waals surface area (Å²) in [6.45, 7) is 9.01. The molecule has 37 heavy (non-hydrogen) atoms. The summed E-state index contributed by atoms with van der Waals surface area (Å²) in [7, 11) is 1.65. The van der Waals surface area contributed by atoms with E-state index < -0.39 is 11.7 Å². The highest BCUT2D eigenvalue weighted by Crippen LogP contribution is 2.26. The molecule has 0 N–H and O–H groups in total. The Balaban J connectivity index is 1.51. The summed E-state index contributed by atoms with van der Waals surface area (Å²) in [5, 5.41) is 0. The maximum Gasteiger partial charge on any atom is 0.416 e. The summed E-state index contributed by atoms with van der Waals surface area (Å²) in [5.74, 6) is 1.30. The lowest BCUT2D eigenvalue weighted by molar-refractivity contribution is 0.0559. The second-order valence-electron chi connectivity index (χ2n) is 9.69. The van der Waals surface area contributed by atoms with Gasteiger partial charge in [-0.3, -0.25) is 4.90 Å². The van der Waals surface area contributed by atoms with Crippen molar-refractivity contribution >= 4 is 17.6 Å². The van der Waals surface area contributed by atoms with Gasteiger partial charge in [-0.1, -0.05) is 31.2 Å². The highest BCUT2D eigenvalue weighted by Gasteiger charge is 2.24. The van der Waals surface area contributed by atoms with Crippen molar-refractivity contribution < 1.29 is 19.0 Å². The molecule has 0 aliphatic carbocycles. The fraction of sp³-hybridized carbons (Fsp3) is 0.345. The van der Waals surface area contributed by atoms with Crippen LogP contribution in [0.25, 0.3) is 28.0 Å². The molecule has 0 bridgehead atoms. The van der Waals surface area contributed by atoms with E-state index in [0.29, 0.717) is 25.6 Å². The summed E-state index contributed by atoms with van der Waals surface area (Å²) in [4.78, 5) is 23.6. The molecular weight excluding hydrogens is 468 g/mol. The predicted molar refractivity (Wildman–Crippen MR) is 145 cm³/mol. The summed E-state index contributed by atoms with van der Waals surface area (Å²) in [5.41, 5.74) is 4.11. The third-order valence-corrected chi connectivity index (χ3v) is 5.62. The lowest BCUT2D eigenvalue weighted by Gasteiger charge is -2.26. The van der Waals surface area contributed by atoms with Crippen molar-refractivity contribution in [1.82, 2.24) is 14.4 Å². The minimum absolute atomic E-state index is 0.362. The number of hydrogen-bond donors (Lipinski definition) is 0. The van der Waals surface area contributed by atoms with Gasteiger partial charge in [0.05, 0.1) is 32.2 Å². The predicted octanol–water partition coefficient (Wildman–Crippen LogP) is 6.24. The largest absolute Gasteiger partial charge is 0.495 e. The van der Waals surface area contributed by atoms with Gasteiger partial charge in [0.25, 0.3) is 0 Å². The Bertz CT molecular complexity index is 1330. The van der Waals surface area contributed by atoms with E-state index >= 15 is 0 Å². The van der Waals surface area contributed by atoms with Crippen LogP contribution in [0.15, 0.2) is 67.1 Å². The van der Waals surface area contributed by atoms with E-state index in [4.69, 9.17) is 19.2 Å². The van der Waals surface area contributed by atoms with Crippen molar-refractivity contribution in [3.05, 3.63) is 67.1 Å². The fourth-order valence-corrected chi connectivity index (χ4v) is 3.80. The Kier molecular flexibility index (Phi) is 8.08. The van der Waals surface area contributed by atoms with Crippen LogP contribution in [0.4, 0.5) is 10.6 Å². The highest BCUT2D eigenvalue weighted by atomic mass is 16.6. The quantitative estimate of drug-likeness (QED) is 0.252. The zero-order chi connectivity index (χ0) is 26.4. The average Bonchev–Trinajstić information content (AvgIpc) is 3.31. The maximum atomic E-state index is 12.8. The second kappa shape index (κ2) is 11.4. The number of nitrogens with zero attached hydrogens (tertiary/aromatic N) is 4. The molecule has 1 aromatic carbocycles. The average molecular weight is 503 g/mol. The normalized spacial score (nSPS) is 11.5. The van der Waals surface area contributed by atoms with Crippen molar-refractivity contribution in [1.29, 1.82) is 0 Å². The SMILES string of the molecule is CCCOCCN(C(=O)OC(C)(C)C)c1ccc(-c2ccc(-c3cn4cc(OC)ccc4n3)cc2)cn1. The third-order valence-electron chi connectivity index (χ3n) is 5.62. The van der Waals surface area contributed by atoms with Crippen LogP contribution in [0.1, 0.15) is 34.1 Å². The molecule has 0 atom stereocenters. The van der Waals surface area contributed by atoms with E-state index in [1.807, 2.05) is 93.0 Å². The molecule has 0 fully saturated rings. The van der Waals surface area contributed by atoms with E-state index in [-0.39, 0.29) is 0 Å². The fourth-order valence-electron chi connectivity index (χ4n) is 3.80. The molecular formula is C29H34N4O4. The lowest BCUT2D eigenvalue weighted by atomic mass is 10.0. The number of rotatable bonds is 9. The Morgan fingerprint density at radius 3 is 2.32 bits per heavy atom. The molecule has 194 valence electrons. The molecule has 0 radical (unpaired) electrons. The van der Waals surface area contributed by atoms with Crippen molar-refractivity contribution in [2.24, 2.45) is 0 Å². The van der Waals surface area contributed by atoms with Gasteiger partial charge in [-0.05, 0) is 57.0 Å². The van der Waals surface area contributed by atoms with E-state index in [0.717, 1.165) is 40.2 Å². The molecule has 0 spiro atoms. The molecule has 0 saturated heterocycles. The highest BCUT2D eigenvalue weighted by molar-refractivity contribution is 5.87. The number of amides is 1. The molecule has 0 unspecified atom stereocenters. The standard InChI is InChI=1S/C29H34N4O4/c1-6-16-36-17-15-33(28(34)37-29(2,3)4)26-13-11-23(18-30-26)21-7-9-22(10-8-21)25-20-32-19-24(35-5)12-14-27(32)31-25/h7-14,18-20H,6,15-17H2,1-5H3. The van der Waals surface area contributed by atoms with E-state index in [1.165, 1.54) is 4.90 Å². The van der Waals surface area contributed by atoms with Crippen LogP contribution >= 0.6 is 0 Å². The molecule has 3 aromatic heterocycles. The Morgan fingerprint density at radius 1 is 0.946 bits per heavy atom. The van der Waals surface area contributed by atoms with Crippen LogP contribution < -0.4 is 9.64 Å². The van der Waals surface area contributed by atoms with Gasteiger partial charge in [0.2, 0.25) is 0 Å². The summed E-state index contributed by atoms with van der Waals surface area (Å²) < 4.78 is 18.4. The van der Waals surface area contributed by atoms with Crippen LogP contribution in [-0.4, -0.2) is 52.9 Å². The Labute approximate surface area is 217 Å². The van der Waals surface area contributed by atoms with Gasteiger partial charge in [-0.25, -0.2) is 14.8 Å². The van der Waals surface area contributed by atoms with Gasteiger partial charge in [-0.15, -0.1) is 0 Å². The van der Waals surface area contributed by atoms with Crippen molar-refractivity contribution in [3.63, 3.8) is 0 Å². The smallest absolute Gasteiger partial charge is 0.416 e. The van der Waals surface area contributed by atoms with Crippen molar-refractivity contribution in [2.75, 3.05) is 31.8 Å². The first-order valence-electron chi connectivity index (χ1n) is 12.5. The minimum Gasteiger partial charge on any atom is -0.495 e. The molecule has 4 rings (SSSR count). The molecule has 3 heterocycles. The van der Waals surface area contributed by atoms with Crippen LogP contribution in [0.5, 0.6) is 5.75 Å². The zero-order valence-corrected chi connectivity index (χ0v) is 22.1. The van der Waals surface area contributed by atoms with Gasteiger partial charge in [0.1, 0.15) is 22.8 Å². The monoisotopic (exact) mass is 502 g/mol.